The number of nitrogens with one attached hydrogen (secondary N) is 2. The van der Waals surface area contributed by atoms with Crippen LogP contribution in [0.15, 0.2) is 99.1 Å². The number of fused-ring (bicyclic) bond motifs is 2. The quantitative estimate of drug-likeness (QED) is 0.0677. The maximum absolute atomic E-state index is 12.7. The summed E-state index contributed by atoms with van der Waals surface area (Å²) in [6.07, 6.45) is 1.21. The molecule has 0 saturated carbocycles. The Morgan fingerprint density at radius 2 is 1.05 bits per heavy atom. The molecule has 0 bridgehead atoms. The fourth-order valence-corrected chi connectivity index (χ4v) is 7.03. The molecule has 0 fully saturated rings. The minimum Gasteiger partial charge on any atom is -0.748 e. The van der Waals surface area contributed by atoms with E-state index in [9.17, 15) is 25.9 Å². The first-order valence-corrected chi connectivity index (χ1v) is 24.0. The van der Waals surface area contributed by atoms with E-state index in [0.29, 0.717) is 34.9 Å². The molecule has 322 valence electrons. The predicted octanol–water partition coefficient (Wildman–Crippen LogP) is -9.56. The summed E-state index contributed by atoms with van der Waals surface area (Å²) in [6.45, 7) is 7.64. The summed E-state index contributed by atoms with van der Waals surface area (Å²) < 4.78 is 161. The van der Waals surface area contributed by atoms with Crippen molar-refractivity contribution in [2.45, 2.75) is 37.5 Å². The van der Waals surface area contributed by atoms with E-state index >= 15 is 0 Å². The SMILES string of the molecule is CS(=O)(=O)[O-].CS(=O)(=O)[O-].Cc1cccc(C)c1Nc1[c-]cc2c(-c3ccccc3S(=O)(=O)[O-])c3cc(S(=O)(=O)[O-])c(=[NH+]c4c(C)cccc4C)cc-3oc2c1.O=S(=O)=O.[Na+].[Na+].[Na+].[Na+]. The Morgan fingerprint density at radius 3 is 1.50 bits per heavy atom. The molecular weight excluding hydrogens is 981 g/mol. The molecule has 2 aliphatic rings. The molecule has 1 heterocycles. The Morgan fingerprint density at radius 1 is 0.609 bits per heavy atom. The number of rotatable bonds is 6. The Labute approximate surface area is 461 Å². The van der Waals surface area contributed by atoms with Gasteiger partial charge >= 0.3 is 129 Å². The Hall–Kier alpha value is -1.37. The van der Waals surface area contributed by atoms with Gasteiger partial charge in [-0.25, -0.2) is 38.7 Å². The largest absolute Gasteiger partial charge is 1.00 e. The number of aryl methyl sites for hydroxylation is 4. The summed E-state index contributed by atoms with van der Waals surface area (Å²) in [7, 11) is -21.0. The van der Waals surface area contributed by atoms with Crippen molar-refractivity contribution in [1.29, 1.82) is 0 Å². The molecule has 0 amide bonds. The average Bonchev–Trinajstić information content (AvgIpc) is 3.08. The Kier molecular flexibility index (Phi) is 27.3. The third-order valence-corrected chi connectivity index (χ3v) is 9.70. The van der Waals surface area contributed by atoms with Crippen molar-refractivity contribution in [1.82, 2.24) is 0 Å². The molecule has 0 saturated heterocycles. The summed E-state index contributed by atoms with van der Waals surface area (Å²) in [6, 6.07) is 26.1. The summed E-state index contributed by atoms with van der Waals surface area (Å²) in [5.74, 6) is 0.144. The van der Waals surface area contributed by atoms with Gasteiger partial charge in [0, 0.05) is 40.5 Å². The molecule has 0 unspecified atom stereocenters. The van der Waals surface area contributed by atoms with Crippen LogP contribution in [-0.4, -0.2) is 77.0 Å². The number of benzene rings is 5. The fraction of sp³-hybridized carbons (Fsp3) is 0.162. The van der Waals surface area contributed by atoms with E-state index in [-0.39, 0.29) is 146 Å². The van der Waals surface area contributed by atoms with Crippen LogP contribution in [0, 0.1) is 33.8 Å². The molecule has 1 aliphatic carbocycles. The second kappa shape index (κ2) is 27.0. The smallest absolute Gasteiger partial charge is 0.748 e. The topological polar surface area (TPSA) is 319 Å². The van der Waals surface area contributed by atoms with Gasteiger partial charge in [-0.15, -0.1) is 18.7 Å². The average molecular weight is 1010 g/mol. The Bertz CT molecular complexity index is 3130. The molecule has 0 spiro atoms. The summed E-state index contributed by atoms with van der Waals surface area (Å²) in [5, 5.41) is 3.70. The van der Waals surface area contributed by atoms with E-state index in [1.165, 1.54) is 24.3 Å². The minimum absolute atomic E-state index is 0. The van der Waals surface area contributed by atoms with Crippen molar-refractivity contribution in [3.63, 3.8) is 0 Å². The van der Waals surface area contributed by atoms with Gasteiger partial charge in [0.05, 0.1) is 31.2 Å². The van der Waals surface area contributed by atoms with Gasteiger partial charge in [0.25, 0.3) is 0 Å². The zero-order chi connectivity index (χ0) is 45.5. The first kappa shape index (κ1) is 64.7. The first-order valence-electron chi connectivity index (χ1n) is 16.5. The van der Waals surface area contributed by atoms with E-state index in [1.807, 2.05) is 64.1 Å². The third kappa shape index (κ3) is 20.5. The number of hydrogen-bond donors (Lipinski definition) is 2. The Balaban J connectivity index is 0. The number of hydrogen-bond acceptors (Lipinski definition) is 17. The van der Waals surface area contributed by atoms with Gasteiger partial charge < -0.3 is 27.9 Å². The molecule has 2 N–H and O–H groups in total. The van der Waals surface area contributed by atoms with Crippen LogP contribution in [0.25, 0.3) is 33.4 Å². The molecule has 27 heteroatoms. The fourth-order valence-electron chi connectivity index (χ4n) is 5.71. The zero-order valence-corrected chi connectivity index (χ0v) is 48.2. The molecule has 4 aromatic carbocycles. The van der Waals surface area contributed by atoms with Crippen molar-refractivity contribution < 1.29 is 192 Å². The van der Waals surface area contributed by atoms with Gasteiger partial charge in [0.15, 0.2) is 0 Å². The van der Waals surface area contributed by atoms with Crippen LogP contribution in [0.5, 0.6) is 0 Å². The first-order chi connectivity index (χ1) is 27.5. The monoisotopic (exact) mass is 1010 g/mol. The van der Waals surface area contributed by atoms with Crippen molar-refractivity contribution in [3.05, 3.63) is 119 Å². The van der Waals surface area contributed by atoms with Gasteiger partial charge in [-0.1, -0.05) is 71.2 Å². The van der Waals surface area contributed by atoms with Gasteiger partial charge in [0.2, 0.25) is 11.0 Å². The van der Waals surface area contributed by atoms with E-state index < -0.39 is 60.9 Å². The maximum atomic E-state index is 12.7. The molecule has 0 atom stereocenters. The molecule has 4 aromatic rings. The molecular formula is C37H34N2Na4O16S5. The van der Waals surface area contributed by atoms with Crippen LogP contribution in [0.3, 0.4) is 0 Å². The van der Waals surface area contributed by atoms with E-state index in [4.69, 9.17) is 43.0 Å². The van der Waals surface area contributed by atoms with Crippen molar-refractivity contribution in [3.8, 4) is 22.5 Å². The summed E-state index contributed by atoms with van der Waals surface area (Å²) in [5.41, 5.74) is 6.34. The number of anilines is 2. The number of para-hydroxylation sites is 2. The predicted molar refractivity (Wildman–Crippen MR) is 213 cm³/mol. The molecule has 0 aromatic heterocycles. The molecule has 0 radical (unpaired) electrons. The molecule has 1 aliphatic heterocycles. The summed E-state index contributed by atoms with van der Waals surface area (Å²) in [4.78, 5) is 2.02. The van der Waals surface area contributed by atoms with Crippen molar-refractivity contribution in [2.75, 3.05) is 17.8 Å². The molecule has 18 nitrogen and oxygen atoms in total. The van der Waals surface area contributed by atoms with Crippen LogP contribution in [0.2, 0.25) is 0 Å². The van der Waals surface area contributed by atoms with Crippen LogP contribution < -0.4 is 134 Å². The van der Waals surface area contributed by atoms with Crippen molar-refractivity contribution in [2.24, 2.45) is 0 Å². The van der Waals surface area contributed by atoms with Crippen LogP contribution in [-0.2, 0) is 51.1 Å². The van der Waals surface area contributed by atoms with E-state index in [0.717, 1.165) is 34.0 Å². The maximum Gasteiger partial charge on any atom is 1.00 e. The third-order valence-electron chi connectivity index (χ3n) is 7.93. The normalized spacial score (nSPS) is 11.2. The minimum atomic E-state index is -5.06. The molecule has 6 rings (SSSR count). The van der Waals surface area contributed by atoms with Crippen LogP contribution >= 0.6 is 0 Å². The van der Waals surface area contributed by atoms with Gasteiger partial charge in [-0.3, -0.25) is 0 Å². The summed E-state index contributed by atoms with van der Waals surface area (Å²) >= 11 is 0. The zero-order valence-electron chi connectivity index (χ0n) is 36.2. The van der Waals surface area contributed by atoms with E-state index in [1.54, 1.807) is 18.2 Å². The molecule has 64 heavy (non-hydrogen) atoms. The van der Waals surface area contributed by atoms with Gasteiger partial charge in [-0.2, -0.15) is 12.1 Å². The van der Waals surface area contributed by atoms with Crippen LogP contribution in [0.1, 0.15) is 22.3 Å². The second-order valence-corrected chi connectivity index (χ2v) is 18.7. The van der Waals surface area contributed by atoms with E-state index in [2.05, 4.69) is 16.4 Å². The van der Waals surface area contributed by atoms with Gasteiger partial charge in [-0.05, 0) is 56.5 Å². The standard InChI is InChI=1S/C35H29N2O7S2.2CH4O3S.4Na.O3S/c1-20-9-7-10-21(2)34(20)36-24-15-16-25-29(17-24)44-30-19-28(37-35-22(3)11-8-12-23(35)4)32(46(41,42)43)18-27(30)33(25)26-13-5-6-14-31(26)45(38,39)40;2*1-5(2,3)4;;;;;1-4(2)3/h5-14,16-19,36H,1-4H3,(H,38,39,40)(H,41,42,43);2*1H3,(H,2,3,4);;;;;/q-1;;;4*+1;/p-3. The van der Waals surface area contributed by atoms with Crippen molar-refractivity contribution >= 4 is 79.1 Å². The van der Waals surface area contributed by atoms with Crippen LogP contribution in [0.4, 0.5) is 17.1 Å². The van der Waals surface area contributed by atoms with Gasteiger partial charge in [0.1, 0.15) is 30.9 Å². The second-order valence-electron chi connectivity index (χ2n) is 12.7.